The molecule has 31 heavy (non-hydrogen) atoms. The van der Waals surface area contributed by atoms with Crippen LogP contribution in [0.5, 0.6) is 11.5 Å². The first-order valence-electron chi connectivity index (χ1n) is 10.3. The molecule has 168 valence electrons. The van der Waals surface area contributed by atoms with Crippen molar-refractivity contribution in [2.24, 2.45) is 0 Å². The molecule has 2 aromatic carbocycles. The van der Waals surface area contributed by atoms with Gasteiger partial charge < -0.3 is 0 Å². The standard InChI is InChI=1S/C24H30AsFO5/c1-17-21(30-2)15-19(16-22(17)31-3)24(29)25(13-7-6-12-23(27)28)14-8-10-18-9-4-5-11-20(18)26/h4-5,9,11,15-16H,6-8,10,12-14H2,1-3H3,(H,27,28). The zero-order valence-corrected chi connectivity index (χ0v) is 20.2. The molecule has 0 bridgehead atoms. The number of carboxylic acids is 1. The molecule has 7 heteroatoms. The number of carboxylic acid groups (broad SMARTS) is 1. The number of aliphatic carboxylic acids is 1. The van der Waals surface area contributed by atoms with Crippen LogP contribution in [0.3, 0.4) is 0 Å². The van der Waals surface area contributed by atoms with E-state index in [1.165, 1.54) is 6.07 Å². The summed E-state index contributed by atoms with van der Waals surface area (Å²) in [5.41, 5.74) is 2.07. The van der Waals surface area contributed by atoms with E-state index >= 15 is 0 Å². The molecule has 2 rings (SSSR count). The second-order valence-corrected chi connectivity index (χ2v) is 12.3. The van der Waals surface area contributed by atoms with Crippen LogP contribution in [0, 0.1) is 12.7 Å². The van der Waals surface area contributed by atoms with E-state index in [2.05, 4.69) is 0 Å². The van der Waals surface area contributed by atoms with Crippen LogP contribution >= 0.6 is 0 Å². The summed E-state index contributed by atoms with van der Waals surface area (Å²) < 4.78 is 24.9. The average Bonchev–Trinajstić information content (AvgIpc) is 2.76. The molecule has 0 spiro atoms. The fourth-order valence-corrected chi connectivity index (χ4v) is 8.21. The number of hydrogen-bond donors (Lipinski definition) is 1. The fourth-order valence-electron chi connectivity index (χ4n) is 3.45. The maximum absolute atomic E-state index is 13.9. The number of carbonyl (C=O) groups excluding carboxylic acids is 1. The molecule has 0 aliphatic rings. The zero-order valence-electron chi connectivity index (χ0n) is 18.3. The van der Waals surface area contributed by atoms with Gasteiger partial charge in [-0.1, -0.05) is 0 Å². The third-order valence-corrected chi connectivity index (χ3v) is 10.5. The van der Waals surface area contributed by atoms with Gasteiger partial charge in [0.15, 0.2) is 0 Å². The molecule has 2 aromatic rings. The van der Waals surface area contributed by atoms with E-state index in [0.717, 1.165) is 22.4 Å². The van der Waals surface area contributed by atoms with Crippen LogP contribution in [0.15, 0.2) is 36.4 Å². The summed E-state index contributed by atoms with van der Waals surface area (Å²) in [6.45, 7) is 1.88. The third-order valence-electron chi connectivity index (χ3n) is 5.19. The first-order chi connectivity index (χ1) is 14.9. The molecule has 1 atom stereocenters. The number of ether oxygens (including phenoxy) is 2. The fraction of sp³-hybridized carbons (Fsp3) is 0.417. The van der Waals surface area contributed by atoms with Crippen molar-refractivity contribution >= 4 is 25.2 Å². The second kappa shape index (κ2) is 12.5. The molecule has 0 aromatic heterocycles. The molecule has 0 amide bonds. The first kappa shape index (κ1) is 24.9. The number of hydrogen-bond acceptors (Lipinski definition) is 4. The van der Waals surface area contributed by atoms with Crippen molar-refractivity contribution in [3.63, 3.8) is 0 Å². The summed E-state index contributed by atoms with van der Waals surface area (Å²) in [6.07, 6.45) is 2.68. The molecule has 0 aliphatic heterocycles. The Labute approximate surface area is 187 Å². The second-order valence-electron chi connectivity index (χ2n) is 7.34. The summed E-state index contributed by atoms with van der Waals surface area (Å²) in [4.78, 5) is 24.2. The molecule has 1 N–H and O–H groups in total. The Morgan fingerprint density at radius 3 is 2.19 bits per heavy atom. The Morgan fingerprint density at radius 1 is 1.00 bits per heavy atom. The van der Waals surface area contributed by atoms with Gasteiger partial charge in [-0.05, 0) is 0 Å². The summed E-state index contributed by atoms with van der Waals surface area (Å²) in [5.74, 6) is 0.169. The minimum atomic E-state index is -2.00. The number of rotatable bonds is 13. The summed E-state index contributed by atoms with van der Waals surface area (Å²) in [7, 11) is 3.12. The zero-order chi connectivity index (χ0) is 22.8. The molecule has 0 heterocycles. The summed E-state index contributed by atoms with van der Waals surface area (Å²) >= 11 is -2.00. The summed E-state index contributed by atoms with van der Waals surface area (Å²) in [5, 5.41) is 10.4. The van der Waals surface area contributed by atoms with Gasteiger partial charge in [0.1, 0.15) is 0 Å². The van der Waals surface area contributed by atoms with Crippen LogP contribution in [-0.4, -0.2) is 44.5 Å². The Balaban J connectivity index is 2.15. The molecule has 0 radical (unpaired) electrons. The molecule has 0 saturated carbocycles. The Kier molecular flexibility index (Phi) is 10.1. The monoisotopic (exact) mass is 492 g/mol. The van der Waals surface area contributed by atoms with Gasteiger partial charge in [-0.25, -0.2) is 0 Å². The van der Waals surface area contributed by atoms with Gasteiger partial charge in [0.05, 0.1) is 0 Å². The predicted octanol–water partition coefficient (Wildman–Crippen LogP) is 5.26. The van der Waals surface area contributed by atoms with Crippen LogP contribution in [0.25, 0.3) is 0 Å². The van der Waals surface area contributed by atoms with Crippen LogP contribution in [0.2, 0.25) is 10.4 Å². The number of carbonyl (C=O) groups is 2. The van der Waals surface area contributed by atoms with E-state index in [0.29, 0.717) is 41.9 Å². The Hall–Kier alpha value is -2.33. The van der Waals surface area contributed by atoms with Crippen LogP contribution < -0.4 is 9.47 Å². The van der Waals surface area contributed by atoms with E-state index in [1.807, 2.05) is 13.0 Å². The SMILES string of the molecule is COc1cc(C(=O)[As](CCCCC(=O)O)CCCc2ccccc2F)cc(OC)c1C. The quantitative estimate of drug-likeness (QED) is 0.305. The van der Waals surface area contributed by atoms with E-state index in [9.17, 15) is 14.0 Å². The molecule has 0 fully saturated rings. The van der Waals surface area contributed by atoms with Gasteiger partial charge in [-0.3, -0.25) is 0 Å². The van der Waals surface area contributed by atoms with Crippen molar-refractivity contribution in [1.82, 2.24) is 0 Å². The van der Waals surface area contributed by atoms with Gasteiger partial charge in [0.2, 0.25) is 0 Å². The molecule has 0 aliphatic carbocycles. The Bertz CT molecular complexity index is 874. The maximum atomic E-state index is 13.9. The molecule has 1 unspecified atom stereocenters. The topological polar surface area (TPSA) is 72.8 Å². The van der Waals surface area contributed by atoms with Gasteiger partial charge in [-0.2, -0.15) is 0 Å². The van der Waals surface area contributed by atoms with E-state index in [4.69, 9.17) is 14.6 Å². The van der Waals surface area contributed by atoms with E-state index in [1.54, 1.807) is 38.5 Å². The number of methoxy groups -OCH3 is 2. The number of unbranched alkanes of at least 4 members (excludes halogenated alkanes) is 1. The van der Waals surface area contributed by atoms with E-state index < -0.39 is 20.6 Å². The summed E-state index contributed by atoms with van der Waals surface area (Å²) in [6, 6.07) is 10.2. The number of aryl methyl sites for hydroxylation is 1. The van der Waals surface area contributed by atoms with Crippen molar-refractivity contribution in [3.8, 4) is 11.5 Å². The normalized spacial score (nSPS) is 11.7. The van der Waals surface area contributed by atoms with Crippen molar-refractivity contribution < 1.29 is 28.6 Å². The van der Waals surface area contributed by atoms with Gasteiger partial charge in [0.25, 0.3) is 0 Å². The molecule has 0 saturated heterocycles. The molecule has 5 nitrogen and oxygen atoms in total. The van der Waals surface area contributed by atoms with Crippen molar-refractivity contribution in [3.05, 3.63) is 58.9 Å². The van der Waals surface area contributed by atoms with Crippen LogP contribution in [-0.2, 0) is 11.2 Å². The minimum absolute atomic E-state index is 0.109. The average molecular weight is 492 g/mol. The number of benzene rings is 2. The van der Waals surface area contributed by atoms with Crippen LogP contribution in [0.1, 0.15) is 47.2 Å². The van der Waals surface area contributed by atoms with Crippen LogP contribution in [0.4, 0.5) is 4.39 Å². The Morgan fingerprint density at radius 2 is 1.61 bits per heavy atom. The molecular formula is C24H30AsFO5. The molecular weight excluding hydrogens is 462 g/mol. The van der Waals surface area contributed by atoms with Crippen molar-refractivity contribution in [2.75, 3.05) is 14.2 Å². The van der Waals surface area contributed by atoms with Crippen molar-refractivity contribution in [2.45, 2.75) is 49.4 Å². The van der Waals surface area contributed by atoms with Gasteiger partial charge in [0, 0.05) is 0 Å². The van der Waals surface area contributed by atoms with Gasteiger partial charge in [-0.15, -0.1) is 0 Å². The number of halogens is 1. The first-order valence-corrected chi connectivity index (χ1v) is 13.9. The van der Waals surface area contributed by atoms with Gasteiger partial charge >= 0.3 is 188 Å². The van der Waals surface area contributed by atoms with Crippen molar-refractivity contribution in [1.29, 1.82) is 0 Å². The predicted molar refractivity (Wildman–Crippen MR) is 120 cm³/mol. The third kappa shape index (κ3) is 7.39. The van der Waals surface area contributed by atoms with E-state index in [-0.39, 0.29) is 16.8 Å².